The molecule has 1 N–H and O–H groups in total. The van der Waals surface area contributed by atoms with Gasteiger partial charge in [-0.25, -0.2) is 0 Å². The minimum atomic E-state index is -4.26. The monoisotopic (exact) mass is 265 g/mol. The van der Waals surface area contributed by atoms with Gasteiger partial charge in [0.05, 0.1) is 12.3 Å². The van der Waals surface area contributed by atoms with Gasteiger partial charge in [0, 0.05) is 31.4 Å². The highest BCUT2D eigenvalue weighted by molar-refractivity contribution is 5.19. The van der Waals surface area contributed by atoms with E-state index in [1.165, 1.54) is 0 Å². The average Bonchev–Trinajstić information content (AvgIpc) is 2.55. The molecule has 0 saturated carbocycles. The van der Waals surface area contributed by atoms with E-state index in [4.69, 9.17) is 0 Å². The number of nitrogens with one attached hydrogen (secondary N) is 1. The minimum absolute atomic E-state index is 0.0309. The van der Waals surface area contributed by atoms with Crippen LogP contribution in [-0.2, 0) is 11.8 Å². The second kappa shape index (κ2) is 6.19. The lowest BCUT2D eigenvalue weighted by Crippen LogP contribution is -2.26. The zero-order chi connectivity index (χ0) is 13.8. The van der Waals surface area contributed by atoms with E-state index in [0.717, 1.165) is 11.3 Å². The summed E-state index contributed by atoms with van der Waals surface area (Å²) in [6, 6.07) is 0.0354. The third-order valence-corrected chi connectivity index (χ3v) is 2.48. The van der Waals surface area contributed by atoms with Crippen LogP contribution in [0.15, 0.2) is 6.20 Å². The number of hydrogen-bond donors (Lipinski definition) is 1. The van der Waals surface area contributed by atoms with E-state index in [1.807, 2.05) is 27.1 Å². The smallest absolute Gasteiger partial charge is 0.371 e. The fourth-order valence-corrected chi connectivity index (χ4v) is 1.69. The Kier molecular flexibility index (Phi) is 5.15. The van der Waals surface area contributed by atoms with Crippen molar-refractivity contribution in [2.45, 2.75) is 26.1 Å². The maximum Gasteiger partial charge on any atom is 0.411 e. The number of ether oxygens (including phenoxy) is 1. The number of rotatable bonds is 6. The molecule has 1 aromatic rings. The number of hydrogen-bond acceptors (Lipinski definition) is 3. The molecule has 7 heteroatoms. The van der Waals surface area contributed by atoms with Gasteiger partial charge in [-0.05, 0) is 13.8 Å². The molecule has 18 heavy (non-hydrogen) atoms. The molecule has 1 heterocycles. The molecule has 0 aromatic carbocycles. The third kappa shape index (κ3) is 5.05. The Morgan fingerprint density at radius 1 is 1.50 bits per heavy atom. The Bertz CT molecular complexity index is 376. The van der Waals surface area contributed by atoms with Gasteiger partial charge in [0.25, 0.3) is 0 Å². The number of aromatic nitrogens is 2. The van der Waals surface area contributed by atoms with E-state index < -0.39 is 12.8 Å². The van der Waals surface area contributed by atoms with E-state index in [1.54, 1.807) is 4.68 Å². The topological polar surface area (TPSA) is 39.1 Å². The fraction of sp³-hybridized carbons (Fsp3) is 0.727. The standard InChI is InChI=1S/C11H18F3N3O/c1-8(10-6-17(3)16-9(10)2)15-4-5-18-7-11(12,13)14/h6,8,15H,4-5,7H2,1-3H3. The first-order valence-corrected chi connectivity index (χ1v) is 5.67. The molecule has 0 spiro atoms. The highest BCUT2D eigenvalue weighted by Gasteiger charge is 2.27. The second-order valence-corrected chi connectivity index (χ2v) is 4.19. The minimum Gasteiger partial charge on any atom is -0.371 e. The molecular formula is C11H18F3N3O. The molecule has 1 aromatic heterocycles. The highest BCUT2D eigenvalue weighted by Crippen LogP contribution is 2.16. The van der Waals surface area contributed by atoms with Gasteiger partial charge in [0.1, 0.15) is 6.61 Å². The molecule has 1 unspecified atom stereocenters. The van der Waals surface area contributed by atoms with Crippen LogP contribution in [0, 0.1) is 6.92 Å². The van der Waals surface area contributed by atoms with E-state index in [-0.39, 0.29) is 12.6 Å². The Hall–Kier alpha value is -1.08. The Labute approximate surface area is 104 Å². The molecule has 1 rings (SSSR count). The summed E-state index contributed by atoms with van der Waals surface area (Å²) in [5.74, 6) is 0. The van der Waals surface area contributed by atoms with Crippen LogP contribution in [0.4, 0.5) is 13.2 Å². The van der Waals surface area contributed by atoms with Crippen LogP contribution in [0.25, 0.3) is 0 Å². The summed E-state index contributed by atoms with van der Waals surface area (Å²) >= 11 is 0. The molecule has 0 saturated heterocycles. The number of alkyl halides is 3. The molecule has 0 fully saturated rings. The van der Waals surface area contributed by atoms with E-state index in [9.17, 15) is 13.2 Å². The van der Waals surface area contributed by atoms with E-state index >= 15 is 0 Å². The third-order valence-electron chi connectivity index (χ3n) is 2.48. The zero-order valence-electron chi connectivity index (χ0n) is 10.7. The van der Waals surface area contributed by atoms with Gasteiger partial charge in [0.15, 0.2) is 0 Å². The van der Waals surface area contributed by atoms with Gasteiger partial charge in [-0.3, -0.25) is 4.68 Å². The number of nitrogens with zero attached hydrogens (tertiary/aromatic N) is 2. The normalized spacial score (nSPS) is 13.9. The van der Waals surface area contributed by atoms with Crippen LogP contribution >= 0.6 is 0 Å². The molecule has 104 valence electrons. The lowest BCUT2D eigenvalue weighted by Gasteiger charge is -2.13. The van der Waals surface area contributed by atoms with Crippen LogP contribution in [0.3, 0.4) is 0 Å². The van der Waals surface area contributed by atoms with Crippen molar-refractivity contribution in [1.29, 1.82) is 0 Å². The van der Waals surface area contributed by atoms with Crippen molar-refractivity contribution in [3.05, 3.63) is 17.5 Å². The van der Waals surface area contributed by atoms with Crippen LogP contribution in [0.1, 0.15) is 24.2 Å². The molecule has 4 nitrogen and oxygen atoms in total. The van der Waals surface area contributed by atoms with Gasteiger partial charge in [-0.15, -0.1) is 0 Å². The Morgan fingerprint density at radius 3 is 2.67 bits per heavy atom. The predicted molar refractivity (Wildman–Crippen MR) is 61.2 cm³/mol. The lowest BCUT2D eigenvalue weighted by atomic mass is 10.1. The maximum absolute atomic E-state index is 11.8. The van der Waals surface area contributed by atoms with Crippen LogP contribution in [-0.4, -0.2) is 35.7 Å². The molecule has 0 amide bonds. The molecule has 0 bridgehead atoms. The number of halogens is 3. The summed E-state index contributed by atoms with van der Waals surface area (Å²) in [6.07, 6.45) is -2.37. The SMILES string of the molecule is Cc1nn(C)cc1C(C)NCCOCC(F)(F)F. The maximum atomic E-state index is 11.8. The van der Waals surface area contributed by atoms with Crippen molar-refractivity contribution in [3.63, 3.8) is 0 Å². The molecule has 0 aliphatic carbocycles. The average molecular weight is 265 g/mol. The van der Waals surface area contributed by atoms with Gasteiger partial charge >= 0.3 is 6.18 Å². The first-order chi connectivity index (χ1) is 8.29. The molecule has 0 aliphatic heterocycles. The highest BCUT2D eigenvalue weighted by atomic mass is 19.4. The van der Waals surface area contributed by atoms with Crippen LogP contribution < -0.4 is 5.32 Å². The summed E-state index contributed by atoms with van der Waals surface area (Å²) < 4.78 is 41.6. The predicted octanol–water partition coefficient (Wildman–Crippen LogP) is 1.96. The van der Waals surface area contributed by atoms with E-state index in [2.05, 4.69) is 15.2 Å². The fourth-order valence-electron chi connectivity index (χ4n) is 1.69. The van der Waals surface area contributed by atoms with Crippen LogP contribution in [0.2, 0.25) is 0 Å². The summed E-state index contributed by atoms with van der Waals surface area (Å²) in [5.41, 5.74) is 1.95. The van der Waals surface area contributed by atoms with Crippen molar-refractivity contribution in [2.75, 3.05) is 19.8 Å². The van der Waals surface area contributed by atoms with Crippen LogP contribution in [0.5, 0.6) is 0 Å². The number of aryl methyl sites for hydroxylation is 2. The first-order valence-electron chi connectivity index (χ1n) is 5.67. The zero-order valence-corrected chi connectivity index (χ0v) is 10.7. The second-order valence-electron chi connectivity index (χ2n) is 4.19. The van der Waals surface area contributed by atoms with Gasteiger partial charge < -0.3 is 10.1 Å². The quantitative estimate of drug-likeness (QED) is 0.799. The van der Waals surface area contributed by atoms with Gasteiger partial charge in [0.2, 0.25) is 0 Å². The summed E-state index contributed by atoms with van der Waals surface area (Å²) in [4.78, 5) is 0. The Morgan fingerprint density at radius 2 is 2.17 bits per heavy atom. The molecule has 1 atom stereocenters. The van der Waals surface area contributed by atoms with Crippen molar-refractivity contribution in [2.24, 2.45) is 7.05 Å². The van der Waals surface area contributed by atoms with Gasteiger partial charge in [-0.1, -0.05) is 0 Å². The molecule has 0 radical (unpaired) electrons. The Balaban J connectivity index is 2.26. The molecular weight excluding hydrogens is 247 g/mol. The lowest BCUT2D eigenvalue weighted by molar-refractivity contribution is -0.173. The van der Waals surface area contributed by atoms with E-state index in [0.29, 0.717) is 6.54 Å². The summed E-state index contributed by atoms with van der Waals surface area (Å²) in [5, 5.41) is 7.30. The van der Waals surface area contributed by atoms with Gasteiger partial charge in [-0.2, -0.15) is 18.3 Å². The molecule has 0 aliphatic rings. The van der Waals surface area contributed by atoms with Crippen molar-refractivity contribution in [3.8, 4) is 0 Å². The van der Waals surface area contributed by atoms with Crippen molar-refractivity contribution >= 4 is 0 Å². The van der Waals surface area contributed by atoms with Crippen molar-refractivity contribution < 1.29 is 17.9 Å². The largest absolute Gasteiger partial charge is 0.411 e. The first kappa shape index (κ1) is 15.0. The summed E-state index contributed by atoms with van der Waals surface area (Å²) in [7, 11) is 1.83. The van der Waals surface area contributed by atoms with Crippen molar-refractivity contribution in [1.82, 2.24) is 15.1 Å². The summed E-state index contributed by atoms with van der Waals surface area (Å²) in [6.45, 7) is 3.03.